The highest BCUT2D eigenvalue weighted by Crippen LogP contribution is 2.28. The molecule has 1 aliphatic heterocycles. The summed E-state index contributed by atoms with van der Waals surface area (Å²) in [6.07, 6.45) is 4.00. The first kappa shape index (κ1) is 21.1. The summed E-state index contributed by atoms with van der Waals surface area (Å²) >= 11 is 0. The molecule has 1 fully saturated rings. The smallest absolute Gasteiger partial charge is 0.257 e. The minimum Gasteiger partial charge on any atom is -0.460 e. The molecular formula is C22H27ClN4O2. The molecule has 2 aromatic heterocycles. The minimum absolute atomic E-state index is 0. The molecule has 29 heavy (non-hydrogen) atoms. The van der Waals surface area contributed by atoms with Gasteiger partial charge in [0.05, 0.1) is 11.3 Å². The first-order valence-electron chi connectivity index (χ1n) is 9.81. The standard InChI is InChI=1S/C22H26N4O2.ClH/c1-16-10-11-20(28-16)21-19(15-26(24-21)18-8-4-3-5-9-18)22(27)25-12-6-7-17(14-25)13-23-2;/h3-5,8-11,15,17,23H,6-7,12-14H2,1-2H3;1H. The number of likely N-dealkylation sites (tertiary alicyclic amines) is 1. The largest absolute Gasteiger partial charge is 0.460 e. The van der Waals surface area contributed by atoms with Gasteiger partial charge in [-0.1, -0.05) is 18.2 Å². The van der Waals surface area contributed by atoms with Crippen LogP contribution in [-0.2, 0) is 0 Å². The van der Waals surface area contributed by atoms with Crippen LogP contribution in [0.5, 0.6) is 0 Å². The van der Waals surface area contributed by atoms with Crippen molar-refractivity contribution in [3.05, 3.63) is 60.0 Å². The molecule has 0 spiro atoms. The van der Waals surface area contributed by atoms with Crippen molar-refractivity contribution in [1.29, 1.82) is 0 Å². The van der Waals surface area contributed by atoms with Crippen molar-refractivity contribution in [2.45, 2.75) is 19.8 Å². The zero-order valence-corrected chi connectivity index (χ0v) is 17.6. The van der Waals surface area contributed by atoms with E-state index in [-0.39, 0.29) is 18.3 Å². The van der Waals surface area contributed by atoms with Gasteiger partial charge >= 0.3 is 0 Å². The molecule has 0 radical (unpaired) electrons. The van der Waals surface area contributed by atoms with Gasteiger partial charge in [-0.2, -0.15) is 5.10 Å². The van der Waals surface area contributed by atoms with Gasteiger partial charge < -0.3 is 14.6 Å². The Morgan fingerprint density at radius 3 is 2.72 bits per heavy atom. The van der Waals surface area contributed by atoms with Crippen LogP contribution in [0.15, 0.2) is 53.1 Å². The molecule has 1 amide bonds. The van der Waals surface area contributed by atoms with Gasteiger partial charge in [0.25, 0.3) is 5.91 Å². The Balaban J connectivity index is 0.00000240. The average molecular weight is 415 g/mol. The molecule has 1 atom stereocenters. The monoisotopic (exact) mass is 414 g/mol. The van der Waals surface area contributed by atoms with Gasteiger partial charge in [0.2, 0.25) is 0 Å². The summed E-state index contributed by atoms with van der Waals surface area (Å²) in [5, 5.41) is 7.93. The van der Waals surface area contributed by atoms with E-state index in [1.165, 1.54) is 0 Å². The van der Waals surface area contributed by atoms with E-state index < -0.39 is 0 Å². The lowest BCUT2D eigenvalue weighted by Crippen LogP contribution is -2.42. The van der Waals surface area contributed by atoms with Crippen molar-refractivity contribution in [3.63, 3.8) is 0 Å². The summed E-state index contributed by atoms with van der Waals surface area (Å²) in [6, 6.07) is 13.6. The van der Waals surface area contributed by atoms with Crippen molar-refractivity contribution in [3.8, 4) is 17.1 Å². The van der Waals surface area contributed by atoms with Gasteiger partial charge in [0.1, 0.15) is 11.5 Å². The average Bonchev–Trinajstić information content (AvgIpc) is 3.35. The lowest BCUT2D eigenvalue weighted by Gasteiger charge is -2.32. The molecule has 6 nitrogen and oxygen atoms in total. The third-order valence-corrected chi connectivity index (χ3v) is 5.24. The summed E-state index contributed by atoms with van der Waals surface area (Å²) in [5.74, 6) is 1.93. The number of rotatable bonds is 5. The maximum Gasteiger partial charge on any atom is 0.257 e. The van der Waals surface area contributed by atoms with Crippen LogP contribution in [-0.4, -0.2) is 47.3 Å². The number of carbonyl (C=O) groups is 1. The Labute approximate surface area is 177 Å². The highest BCUT2D eigenvalue weighted by molar-refractivity contribution is 5.99. The quantitative estimate of drug-likeness (QED) is 0.687. The van der Waals surface area contributed by atoms with Crippen molar-refractivity contribution < 1.29 is 9.21 Å². The molecule has 1 aromatic carbocycles. The second-order valence-electron chi connectivity index (χ2n) is 7.40. The maximum absolute atomic E-state index is 13.4. The number of para-hydroxylation sites is 1. The number of aromatic nitrogens is 2. The lowest BCUT2D eigenvalue weighted by molar-refractivity contribution is 0.0675. The van der Waals surface area contributed by atoms with E-state index in [9.17, 15) is 4.79 Å². The van der Waals surface area contributed by atoms with E-state index in [0.29, 0.717) is 22.9 Å². The molecule has 0 aliphatic carbocycles. The minimum atomic E-state index is 0. The molecule has 0 bridgehead atoms. The van der Waals surface area contributed by atoms with E-state index in [0.717, 1.165) is 43.9 Å². The van der Waals surface area contributed by atoms with Gasteiger partial charge in [0, 0.05) is 19.3 Å². The number of halogens is 1. The Kier molecular flexibility index (Phi) is 6.77. The van der Waals surface area contributed by atoms with Gasteiger partial charge in [-0.05, 0) is 63.5 Å². The van der Waals surface area contributed by atoms with Crippen LogP contribution >= 0.6 is 12.4 Å². The third-order valence-electron chi connectivity index (χ3n) is 5.24. The summed E-state index contributed by atoms with van der Waals surface area (Å²) < 4.78 is 7.56. The van der Waals surface area contributed by atoms with Crippen LogP contribution in [0.3, 0.4) is 0 Å². The highest BCUT2D eigenvalue weighted by Gasteiger charge is 2.28. The SMILES string of the molecule is CNCC1CCCN(C(=O)c2cn(-c3ccccc3)nc2-c2ccc(C)o2)C1.Cl. The van der Waals surface area contributed by atoms with Gasteiger partial charge in [-0.25, -0.2) is 4.68 Å². The van der Waals surface area contributed by atoms with Crippen LogP contribution in [0, 0.1) is 12.8 Å². The Morgan fingerprint density at radius 2 is 2.03 bits per heavy atom. The van der Waals surface area contributed by atoms with Crippen LogP contribution in [0.25, 0.3) is 17.1 Å². The number of hydrogen-bond donors (Lipinski definition) is 1. The summed E-state index contributed by atoms with van der Waals surface area (Å²) in [6.45, 7) is 4.38. The second-order valence-corrected chi connectivity index (χ2v) is 7.40. The lowest BCUT2D eigenvalue weighted by atomic mass is 9.97. The number of piperidine rings is 1. The van der Waals surface area contributed by atoms with Gasteiger partial charge in [0.15, 0.2) is 5.76 Å². The topological polar surface area (TPSA) is 63.3 Å². The Morgan fingerprint density at radius 1 is 1.24 bits per heavy atom. The normalized spacial score (nSPS) is 16.5. The number of carbonyl (C=O) groups excluding carboxylic acids is 1. The first-order valence-corrected chi connectivity index (χ1v) is 9.81. The molecule has 4 rings (SSSR count). The van der Waals surface area contributed by atoms with Crippen LogP contribution in [0.2, 0.25) is 0 Å². The van der Waals surface area contributed by atoms with Crippen molar-refractivity contribution in [2.75, 3.05) is 26.7 Å². The van der Waals surface area contributed by atoms with Crippen molar-refractivity contribution >= 4 is 18.3 Å². The molecule has 1 unspecified atom stereocenters. The second kappa shape index (κ2) is 9.29. The van der Waals surface area contributed by atoms with E-state index >= 15 is 0 Å². The Bertz CT molecular complexity index is 949. The highest BCUT2D eigenvalue weighted by atomic mass is 35.5. The molecule has 3 aromatic rings. The number of hydrogen-bond acceptors (Lipinski definition) is 4. The number of nitrogens with one attached hydrogen (secondary N) is 1. The molecule has 1 aliphatic rings. The predicted octanol–water partition coefficient (Wildman–Crippen LogP) is 3.93. The van der Waals surface area contributed by atoms with Gasteiger partial charge in [-0.15, -0.1) is 12.4 Å². The first-order chi connectivity index (χ1) is 13.7. The van der Waals surface area contributed by atoms with E-state index in [1.807, 2.05) is 67.5 Å². The number of aryl methyl sites for hydroxylation is 1. The molecular weight excluding hydrogens is 388 g/mol. The molecule has 1 saturated heterocycles. The summed E-state index contributed by atoms with van der Waals surface area (Å²) in [5.41, 5.74) is 2.10. The zero-order valence-electron chi connectivity index (χ0n) is 16.8. The predicted molar refractivity (Wildman–Crippen MR) is 116 cm³/mol. The number of benzene rings is 1. The number of nitrogens with zero attached hydrogens (tertiary/aromatic N) is 3. The number of furan rings is 1. The van der Waals surface area contributed by atoms with E-state index in [1.54, 1.807) is 4.68 Å². The van der Waals surface area contributed by atoms with Crippen LogP contribution in [0.4, 0.5) is 0 Å². The van der Waals surface area contributed by atoms with Gasteiger partial charge in [-0.3, -0.25) is 4.79 Å². The maximum atomic E-state index is 13.4. The fourth-order valence-electron chi connectivity index (χ4n) is 3.86. The molecule has 1 N–H and O–H groups in total. The number of amides is 1. The van der Waals surface area contributed by atoms with Crippen molar-refractivity contribution in [2.24, 2.45) is 5.92 Å². The fraction of sp³-hybridized carbons (Fsp3) is 0.364. The summed E-state index contributed by atoms with van der Waals surface area (Å²) in [4.78, 5) is 15.4. The van der Waals surface area contributed by atoms with Crippen LogP contribution < -0.4 is 5.32 Å². The van der Waals surface area contributed by atoms with Crippen molar-refractivity contribution in [1.82, 2.24) is 20.0 Å². The molecule has 7 heteroatoms. The molecule has 0 saturated carbocycles. The summed E-state index contributed by atoms with van der Waals surface area (Å²) in [7, 11) is 1.96. The molecule has 154 valence electrons. The van der Waals surface area contributed by atoms with Crippen LogP contribution in [0.1, 0.15) is 29.0 Å². The van der Waals surface area contributed by atoms with E-state index in [4.69, 9.17) is 9.52 Å². The third kappa shape index (κ3) is 4.54. The van der Waals surface area contributed by atoms with E-state index in [2.05, 4.69) is 5.32 Å². The zero-order chi connectivity index (χ0) is 19.5. The fourth-order valence-corrected chi connectivity index (χ4v) is 3.86. The molecule has 3 heterocycles. The Hall–Kier alpha value is -2.57.